The quantitative estimate of drug-likeness (QED) is 0.241. The standard InChI is InChI=1S/C26H41NO5/c1-25(2,3)32-24(30)27(19-20-28)26(4,5)18-14-9-7-6-8-13-17-23(29)31-21-22-15-11-10-12-16-22/h6-7,10-12,15-16,28H,8-9,13-14,17-21H2,1-5H3/b7-6-. The van der Waals surface area contributed by atoms with Crippen molar-refractivity contribution in [1.82, 2.24) is 4.90 Å². The topological polar surface area (TPSA) is 76.1 Å². The second-order valence-electron chi connectivity index (χ2n) is 9.57. The number of carbonyl (C=O) groups excluding carboxylic acids is 2. The number of β-amino-alcohol motifs (C(OH)–C–C–N with tert-alkyl or cyclic N) is 1. The van der Waals surface area contributed by atoms with Crippen molar-refractivity contribution in [2.75, 3.05) is 13.2 Å². The summed E-state index contributed by atoms with van der Waals surface area (Å²) in [6.45, 7) is 9.97. The predicted octanol–water partition coefficient (Wildman–Crippen LogP) is 5.63. The van der Waals surface area contributed by atoms with E-state index in [4.69, 9.17) is 9.47 Å². The van der Waals surface area contributed by atoms with Gasteiger partial charge in [0.1, 0.15) is 12.2 Å². The zero-order chi connectivity index (χ0) is 24.0. The second-order valence-corrected chi connectivity index (χ2v) is 9.57. The lowest BCUT2D eigenvalue weighted by Crippen LogP contribution is -2.50. The number of hydrogen-bond donors (Lipinski definition) is 1. The highest BCUT2D eigenvalue weighted by atomic mass is 16.6. The van der Waals surface area contributed by atoms with Gasteiger partial charge in [-0.2, -0.15) is 0 Å². The largest absolute Gasteiger partial charge is 0.461 e. The maximum absolute atomic E-state index is 12.5. The maximum Gasteiger partial charge on any atom is 0.410 e. The van der Waals surface area contributed by atoms with Crippen molar-refractivity contribution in [2.24, 2.45) is 0 Å². The summed E-state index contributed by atoms with van der Waals surface area (Å²) in [5.41, 5.74) is 0.00631. The number of unbranched alkanes of at least 4 members (excludes halogenated alkanes) is 2. The fourth-order valence-electron chi connectivity index (χ4n) is 3.26. The van der Waals surface area contributed by atoms with Crippen LogP contribution in [-0.2, 0) is 20.9 Å². The average Bonchev–Trinajstić information content (AvgIpc) is 2.71. The highest BCUT2D eigenvalue weighted by Gasteiger charge is 2.33. The highest BCUT2D eigenvalue weighted by molar-refractivity contribution is 5.69. The minimum Gasteiger partial charge on any atom is -0.461 e. The molecule has 0 saturated carbocycles. The van der Waals surface area contributed by atoms with Gasteiger partial charge >= 0.3 is 12.1 Å². The molecule has 0 aromatic heterocycles. The minimum atomic E-state index is -0.572. The van der Waals surface area contributed by atoms with Crippen molar-refractivity contribution in [2.45, 2.75) is 90.9 Å². The molecule has 0 saturated heterocycles. The number of aliphatic hydroxyl groups is 1. The number of benzene rings is 1. The first-order valence-electron chi connectivity index (χ1n) is 11.5. The molecule has 0 fully saturated rings. The highest BCUT2D eigenvalue weighted by Crippen LogP contribution is 2.24. The smallest absolute Gasteiger partial charge is 0.410 e. The Kier molecular flexibility index (Phi) is 12.1. The summed E-state index contributed by atoms with van der Waals surface area (Å²) in [6.07, 6.45) is 8.42. The van der Waals surface area contributed by atoms with E-state index in [9.17, 15) is 14.7 Å². The van der Waals surface area contributed by atoms with Crippen LogP contribution in [0.25, 0.3) is 0 Å². The van der Waals surface area contributed by atoms with E-state index < -0.39 is 17.2 Å². The molecule has 1 aromatic rings. The molecular weight excluding hydrogens is 406 g/mol. The number of allylic oxidation sites excluding steroid dienone is 2. The molecule has 6 nitrogen and oxygen atoms in total. The van der Waals surface area contributed by atoms with Crippen molar-refractivity contribution < 1.29 is 24.2 Å². The summed E-state index contributed by atoms with van der Waals surface area (Å²) in [6, 6.07) is 9.67. The van der Waals surface area contributed by atoms with Crippen LogP contribution in [0.15, 0.2) is 42.5 Å². The lowest BCUT2D eigenvalue weighted by molar-refractivity contribution is -0.145. The van der Waals surface area contributed by atoms with Crippen molar-refractivity contribution in [3.8, 4) is 0 Å². The fraction of sp³-hybridized carbons (Fsp3) is 0.615. The molecule has 1 N–H and O–H groups in total. The molecule has 180 valence electrons. The van der Waals surface area contributed by atoms with Gasteiger partial charge in [0, 0.05) is 18.5 Å². The van der Waals surface area contributed by atoms with E-state index in [1.165, 1.54) is 0 Å². The molecule has 1 rings (SSSR count). The van der Waals surface area contributed by atoms with Crippen LogP contribution in [0, 0.1) is 0 Å². The van der Waals surface area contributed by atoms with Crippen LogP contribution in [0.4, 0.5) is 4.79 Å². The number of carbonyl (C=O) groups is 2. The molecule has 1 amide bonds. The van der Waals surface area contributed by atoms with Gasteiger partial charge in [-0.1, -0.05) is 42.5 Å². The van der Waals surface area contributed by atoms with Gasteiger partial charge in [0.05, 0.1) is 6.61 Å². The molecule has 0 spiro atoms. The van der Waals surface area contributed by atoms with E-state index in [1.807, 2.05) is 65.0 Å². The Morgan fingerprint density at radius 1 is 1.00 bits per heavy atom. The third kappa shape index (κ3) is 11.9. The number of hydrogen-bond acceptors (Lipinski definition) is 5. The van der Waals surface area contributed by atoms with Crippen LogP contribution in [0.1, 0.15) is 78.7 Å². The summed E-state index contributed by atoms with van der Waals surface area (Å²) in [4.78, 5) is 26.0. The van der Waals surface area contributed by atoms with Crippen LogP contribution >= 0.6 is 0 Å². The van der Waals surface area contributed by atoms with Crippen molar-refractivity contribution in [3.63, 3.8) is 0 Å². The van der Waals surface area contributed by atoms with E-state index in [0.717, 1.165) is 37.7 Å². The molecule has 0 aliphatic carbocycles. The number of ether oxygens (including phenoxy) is 2. The Hall–Kier alpha value is -2.34. The first-order chi connectivity index (χ1) is 15.0. The molecule has 32 heavy (non-hydrogen) atoms. The Labute approximate surface area is 193 Å². The molecule has 0 unspecified atom stereocenters. The van der Waals surface area contributed by atoms with Gasteiger partial charge in [-0.15, -0.1) is 0 Å². The van der Waals surface area contributed by atoms with Crippen molar-refractivity contribution in [1.29, 1.82) is 0 Å². The lowest BCUT2D eigenvalue weighted by atomic mass is 9.95. The third-order valence-electron chi connectivity index (χ3n) is 4.99. The fourth-order valence-corrected chi connectivity index (χ4v) is 3.26. The number of aliphatic hydroxyl groups excluding tert-OH is 1. The van der Waals surface area contributed by atoms with Gasteiger partial charge in [-0.05, 0) is 72.3 Å². The maximum atomic E-state index is 12.5. The second kappa shape index (κ2) is 13.9. The Bertz CT molecular complexity index is 707. The summed E-state index contributed by atoms with van der Waals surface area (Å²) in [5, 5.41) is 9.38. The van der Waals surface area contributed by atoms with Crippen molar-refractivity contribution in [3.05, 3.63) is 48.0 Å². The van der Waals surface area contributed by atoms with Gasteiger partial charge in [0.15, 0.2) is 0 Å². The van der Waals surface area contributed by atoms with Crippen LogP contribution in [0.3, 0.4) is 0 Å². The normalized spacial score (nSPS) is 12.1. The Balaban J connectivity index is 2.27. The summed E-state index contributed by atoms with van der Waals surface area (Å²) in [7, 11) is 0. The molecule has 0 heterocycles. The van der Waals surface area contributed by atoms with Crippen LogP contribution in [0.5, 0.6) is 0 Å². The number of rotatable bonds is 13. The average molecular weight is 448 g/mol. The van der Waals surface area contributed by atoms with Gasteiger partial charge in [0.25, 0.3) is 0 Å². The van der Waals surface area contributed by atoms with Gasteiger partial charge < -0.3 is 19.5 Å². The lowest BCUT2D eigenvalue weighted by Gasteiger charge is -2.39. The van der Waals surface area contributed by atoms with Gasteiger partial charge in [-0.25, -0.2) is 4.79 Å². The SMILES string of the molecule is CC(C)(C)OC(=O)N(CCO)C(C)(C)CCC/C=C\CCCC(=O)OCc1ccccc1. The zero-order valence-corrected chi connectivity index (χ0v) is 20.4. The summed E-state index contributed by atoms with van der Waals surface area (Å²) in [5.74, 6) is -0.171. The Morgan fingerprint density at radius 2 is 1.62 bits per heavy atom. The molecule has 0 bridgehead atoms. The Morgan fingerprint density at radius 3 is 2.22 bits per heavy atom. The summed E-state index contributed by atoms with van der Waals surface area (Å²) < 4.78 is 10.8. The van der Waals surface area contributed by atoms with E-state index in [1.54, 1.807) is 4.90 Å². The molecule has 1 aromatic carbocycles. The zero-order valence-electron chi connectivity index (χ0n) is 20.4. The predicted molar refractivity (Wildman–Crippen MR) is 127 cm³/mol. The van der Waals surface area contributed by atoms with Crippen LogP contribution in [0.2, 0.25) is 0 Å². The van der Waals surface area contributed by atoms with E-state index in [0.29, 0.717) is 13.0 Å². The summed E-state index contributed by atoms with van der Waals surface area (Å²) >= 11 is 0. The van der Waals surface area contributed by atoms with Gasteiger partial charge in [0.2, 0.25) is 0 Å². The first-order valence-corrected chi connectivity index (χ1v) is 11.5. The molecular formula is C26H41NO5. The first kappa shape index (κ1) is 27.7. The monoisotopic (exact) mass is 447 g/mol. The molecule has 0 aliphatic heterocycles. The number of esters is 1. The molecule has 6 heteroatoms. The van der Waals surface area contributed by atoms with E-state index >= 15 is 0 Å². The number of amides is 1. The number of nitrogens with zero attached hydrogens (tertiary/aromatic N) is 1. The van der Waals surface area contributed by atoms with E-state index in [2.05, 4.69) is 12.2 Å². The van der Waals surface area contributed by atoms with Gasteiger partial charge in [-0.3, -0.25) is 4.79 Å². The third-order valence-corrected chi connectivity index (χ3v) is 4.99. The van der Waals surface area contributed by atoms with Crippen LogP contribution in [-0.4, -0.2) is 46.4 Å². The molecule has 0 aliphatic rings. The van der Waals surface area contributed by atoms with Crippen LogP contribution < -0.4 is 0 Å². The minimum absolute atomic E-state index is 0.101. The molecule has 0 atom stereocenters. The molecule has 0 radical (unpaired) electrons. The van der Waals surface area contributed by atoms with Crippen molar-refractivity contribution >= 4 is 12.1 Å². The van der Waals surface area contributed by atoms with E-state index in [-0.39, 0.29) is 19.1 Å².